The third kappa shape index (κ3) is 3.83. The Labute approximate surface area is 122 Å². The molecule has 1 aliphatic heterocycles. The molecular formula is C17H26N2O. The first-order valence-corrected chi connectivity index (χ1v) is 7.60. The summed E-state index contributed by atoms with van der Waals surface area (Å²) in [5, 5.41) is 0. The Morgan fingerprint density at radius 1 is 1.20 bits per heavy atom. The van der Waals surface area contributed by atoms with Crippen LogP contribution >= 0.6 is 0 Å². The Hall–Kier alpha value is -1.35. The molecule has 1 amide bonds. The highest BCUT2D eigenvalue weighted by Gasteiger charge is 2.25. The maximum atomic E-state index is 12.5. The van der Waals surface area contributed by atoms with E-state index in [1.54, 1.807) is 0 Å². The molecule has 0 saturated carbocycles. The standard InChI is InChI=1S/C17H26N2O/c1-17(2)9-3-12-19(13-10-17)16(20)15-6-4-14(5-7-15)8-11-18/h4-7H,3,8-13,18H2,1-2H3. The minimum atomic E-state index is 0.169. The van der Waals surface area contributed by atoms with E-state index in [0.29, 0.717) is 12.0 Å². The lowest BCUT2D eigenvalue weighted by Gasteiger charge is -2.23. The van der Waals surface area contributed by atoms with Crippen LogP contribution in [0.4, 0.5) is 0 Å². The molecule has 0 radical (unpaired) electrons. The second kappa shape index (κ2) is 6.40. The van der Waals surface area contributed by atoms with Gasteiger partial charge in [-0.2, -0.15) is 0 Å². The van der Waals surface area contributed by atoms with Gasteiger partial charge in [-0.25, -0.2) is 0 Å². The van der Waals surface area contributed by atoms with Crippen LogP contribution in [0.3, 0.4) is 0 Å². The zero-order valence-corrected chi connectivity index (χ0v) is 12.7. The van der Waals surface area contributed by atoms with E-state index >= 15 is 0 Å². The molecule has 0 aromatic heterocycles. The predicted octanol–water partition coefficient (Wildman–Crippen LogP) is 2.84. The van der Waals surface area contributed by atoms with Gasteiger partial charge >= 0.3 is 0 Å². The van der Waals surface area contributed by atoms with Crippen LogP contribution in [0.5, 0.6) is 0 Å². The number of carbonyl (C=O) groups is 1. The van der Waals surface area contributed by atoms with E-state index in [1.165, 1.54) is 12.0 Å². The van der Waals surface area contributed by atoms with E-state index < -0.39 is 0 Å². The summed E-state index contributed by atoms with van der Waals surface area (Å²) in [4.78, 5) is 14.5. The lowest BCUT2D eigenvalue weighted by molar-refractivity contribution is 0.0757. The number of nitrogens with zero attached hydrogens (tertiary/aromatic N) is 1. The van der Waals surface area contributed by atoms with E-state index in [4.69, 9.17) is 5.73 Å². The summed E-state index contributed by atoms with van der Waals surface area (Å²) in [6, 6.07) is 7.90. The maximum Gasteiger partial charge on any atom is 0.253 e. The Balaban J connectivity index is 2.03. The summed E-state index contributed by atoms with van der Waals surface area (Å²) in [7, 11) is 0. The van der Waals surface area contributed by atoms with Gasteiger partial charge in [0.2, 0.25) is 0 Å². The van der Waals surface area contributed by atoms with Gasteiger partial charge in [-0.15, -0.1) is 0 Å². The number of likely N-dealkylation sites (tertiary alicyclic amines) is 1. The SMILES string of the molecule is CC1(C)CCCN(C(=O)c2ccc(CCN)cc2)CC1. The number of amides is 1. The highest BCUT2D eigenvalue weighted by molar-refractivity contribution is 5.94. The monoisotopic (exact) mass is 274 g/mol. The van der Waals surface area contributed by atoms with Crippen LogP contribution in [0.2, 0.25) is 0 Å². The van der Waals surface area contributed by atoms with Gasteiger partial charge < -0.3 is 10.6 Å². The molecule has 20 heavy (non-hydrogen) atoms. The molecule has 2 N–H and O–H groups in total. The second-order valence-electron chi connectivity index (χ2n) is 6.55. The average Bonchev–Trinajstić information content (AvgIpc) is 2.60. The van der Waals surface area contributed by atoms with Crippen LogP contribution in [0, 0.1) is 5.41 Å². The molecule has 3 heteroatoms. The Morgan fingerprint density at radius 3 is 2.55 bits per heavy atom. The summed E-state index contributed by atoms with van der Waals surface area (Å²) < 4.78 is 0. The van der Waals surface area contributed by atoms with Crippen molar-refractivity contribution >= 4 is 5.91 Å². The molecule has 0 spiro atoms. The van der Waals surface area contributed by atoms with Crippen molar-refractivity contribution < 1.29 is 4.79 Å². The van der Waals surface area contributed by atoms with Gasteiger partial charge in [0.15, 0.2) is 0 Å². The minimum Gasteiger partial charge on any atom is -0.339 e. The molecule has 1 saturated heterocycles. The van der Waals surface area contributed by atoms with E-state index in [2.05, 4.69) is 13.8 Å². The normalized spacial score (nSPS) is 18.6. The minimum absolute atomic E-state index is 0.169. The molecule has 0 aliphatic carbocycles. The number of nitrogens with two attached hydrogens (primary N) is 1. The number of carbonyl (C=O) groups excluding carboxylic acids is 1. The molecule has 3 nitrogen and oxygen atoms in total. The lowest BCUT2D eigenvalue weighted by Crippen LogP contribution is -2.32. The van der Waals surface area contributed by atoms with Crippen molar-refractivity contribution in [3.05, 3.63) is 35.4 Å². The van der Waals surface area contributed by atoms with E-state index in [9.17, 15) is 4.79 Å². The van der Waals surface area contributed by atoms with Crippen molar-refractivity contribution in [3.63, 3.8) is 0 Å². The fourth-order valence-electron chi connectivity index (χ4n) is 2.79. The molecule has 1 aromatic rings. The average molecular weight is 274 g/mol. The number of rotatable bonds is 3. The zero-order valence-electron chi connectivity index (χ0n) is 12.7. The molecule has 0 bridgehead atoms. The van der Waals surface area contributed by atoms with Gasteiger partial charge in [0.05, 0.1) is 0 Å². The molecule has 1 aromatic carbocycles. The first kappa shape index (κ1) is 15.0. The Bertz CT molecular complexity index is 451. The predicted molar refractivity (Wildman–Crippen MR) is 82.7 cm³/mol. The molecule has 1 aliphatic rings. The van der Waals surface area contributed by atoms with Gasteiger partial charge in [-0.05, 0) is 55.3 Å². The topological polar surface area (TPSA) is 46.3 Å². The summed E-state index contributed by atoms with van der Waals surface area (Å²) >= 11 is 0. The number of hydrogen-bond acceptors (Lipinski definition) is 2. The second-order valence-corrected chi connectivity index (χ2v) is 6.55. The van der Waals surface area contributed by atoms with Crippen molar-refractivity contribution in [1.82, 2.24) is 4.90 Å². The largest absolute Gasteiger partial charge is 0.339 e. The summed E-state index contributed by atoms with van der Waals surface area (Å²) in [5.41, 5.74) is 7.90. The van der Waals surface area contributed by atoms with Crippen molar-refractivity contribution in [3.8, 4) is 0 Å². The van der Waals surface area contributed by atoms with Crippen molar-refractivity contribution in [2.24, 2.45) is 11.1 Å². The first-order valence-electron chi connectivity index (χ1n) is 7.60. The number of benzene rings is 1. The Kier molecular flexibility index (Phi) is 4.81. The summed E-state index contributed by atoms with van der Waals surface area (Å²) in [6.45, 7) is 6.99. The van der Waals surface area contributed by atoms with Crippen molar-refractivity contribution in [2.45, 2.75) is 39.5 Å². The smallest absolute Gasteiger partial charge is 0.253 e. The Morgan fingerprint density at radius 2 is 1.90 bits per heavy atom. The molecule has 1 fully saturated rings. The van der Waals surface area contributed by atoms with E-state index in [-0.39, 0.29) is 5.91 Å². The fraction of sp³-hybridized carbons (Fsp3) is 0.588. The van der Waals surface area contributed by atoms with Crippen molar-refractivity contribution in [1.29, 1.82) is 0 Å². The lowest BCUT2D eigenvalue weighted by atomic mass is 9.85. The summed E-state index contributed by atoms with van der Waals surface area (Å²) in [5.74, 6) is 0.169. The number of hydrogen-bond donors (Lipinski definition) is 1. The van der Waals surface area contributed by atoms with Gasteiger partial charge in [0.25, 0.3) is 5.91 Å². The van der Waals surface area contributed by atoms with Gasteiger partial charge in [-0.1, -0.05) is 26.0 Å². The fourth-order valence-corrected chi connectivity index (χ4v) is 2.79. The van der Waals surface area contributed by atoms with Crippen LogP contribution < -0.4 is 5.73 Å². The summed E-state index contributed by atoms with van der Waals surface area (Å²) in [6.07, 6.45) is 4.26. The van der Waals surface area contributed by atoms with Crippen LogP contribution in [0.15, 0.2) is 24.3 Å². The van der Waals surface area contributed by atoms with Crippen molar-refractivity contribution in [2.75, 3.05) is 19.6 Å². The molecule has 0 unspecified atom stereocenters. The third-order valence-electron chi connectivity index (χ3n) is 4.26. The molecule has 1 heterocycles. The molecule has 2 rings (SSSR count). The zero-order chi connectivity index (χ0) is 14.6. The first-order chi connectivity index (χ1) is 9.52. The quantitative estimate of drug-likeness (QED) is 0.921. The third-order valence-corrected chi connectivity index (χ3v) is 4.26. The molecule has 0 atom stereocenters. The highest BCUT2D eigenvalue weighted by atomic mass is 16.2. The maximum absolute atomic E-state index is 12.5. The van der Waals surface area contributed by atoms with Crippen LogP contribution in [-0.4, -0.2) is 30.4 Å². The van der Waals surface area contributed by atoms with Gasteiger partial charge in [0, 0.05) is 18.7 Å². The van der Waals surface area contributed by atoms with Crippen LogP contribution in [-0.2, 0) is 6.42 Å². The van der Waals surface area contributed by atoms with E-state index in [0.717, 1.165) is 37.9 Å². The van der Waals surface area contributed by atoms with Crippen LogP contribution in [0.25, 0.3) is 0 Å². The van der Waals surface area contributed by atoms with Gasteiger partial charge in [0.1, 0.15) is 0 Å². The molecule has 110 valence electrons. The van der Waals surface area contributed by atoms with Gasteiger partial charge in [-0.3, -0.25) is 4.79 Å². The van der Waals surface area contributed by atoms with E-state index in [1.807, 2.05) is 29.2 Å². The highest BCUT2D eigenvalue weighted by Crippen LogP contribution is 2.30. The molecular weight excluding hydrogens is 248 g/mol. The van der Waals surface area contributed by atoms with Crippen LogP contribution in [0.1, 0.15) is 49.0 Å².